The number of hydrogen-bond acceptors (Lipinski definition) is 3. The SMILES string of the molecule is COC1CCC(C)(CNC(=O)N2CCC(C)C(C(=O)O)C2)CC1. The van der Waals surface area contributed by atoms with Crippen LogP contribution in [0.3, 0.4) is 0 Å². The molecule has 6 heteroatoms. The summed E-state index contributed by atoms with van der Waals surface area (Å²) in [7, 11) is 1.76. The van der Waals surface area contributed by atoms with Crippen LogP contribution in [-0.2, 0) is 9.53 Å². The van der Waals surface area contributed by atoms with Gasteiger partial charge in [-0.2, -0.15) is 0 Å². The van der Waals surface area contributed by atoms with Gasteiger partial charge in [-0.05, 0) is 43.4 Å². The van der Waals surface area contributed by atoms with E-state index in [9.17, 15) is 14.7 Å². The first-order chi connectivity index (χ1) is 10.8. The number of nitrogens with zero attached hydrogens (tertiary/aromatic N) is 1. The lowest BCUT2D eigenvalue weighted by atomic mass is 9.74. The molecule has 132 valence electrons. The highest BCUT2D eigenvalue weighted by atomic mass is 16.5. The summed E-state index contributed by atoms with van der Waals surface area (Å²) in [6.45, 7) is 5.75. The molecule has 2 rings (SSSR count). The summed E-state index contributed by atoms with van der Waals surface area (Å²) >= 11 is 0. The molecule has 0 aromatic rings. The number of piperidine rings is 1. The maximum absolute atomic E-state index is 12.4. The van der Waals surface area contributed by atoms with Gasteiger partial charge in [-0.15, -0.1) is 0 Å². The predicted octanol–water partition coefficient (Wildman–Crippen LogP) is 2.33. The molecule has 2 atom stereocenters. The lowest BCUT2D eigenvalue weighted by Crippen LogP contribution is -2.51. The Bertz CT molecular complexity index is 432. The number of rotatable bonds is 4. The van der Waals surface area contributed by atoms with E-state index in [1.807, 2.05) is 6.92 Å². The molecule has 0 aromatic carbocycles. The lowest BCUT2D eigenvalue weighted by Gasteiger charge is -2.39. The van der Waals surface area contributed by atoms with Crippen molar-refractivity contribution in [1.29, 1.82) is 0 Å². The van der Waals surface area contributed by atoms with Crippen molar-refractivity contribution in [3.63, 3.8) is 0 Å². The van der Waals surface area contributed by atoms with E-state index in [-0.39, 0.29) is 17.4 Å². The third-order valence-corrected chi connectivity index (χ3v) is 5.70. The van der Waals surface area contributed by atoms with Gasteiger partial charge in [0.05, 0.1) is 12.0 Å². The first kappa shape index (κ1) is 18.0. The number of amides is 2. The maximum Gasteiger partial charge on any atom is 0.317 e. The van der Waals surface area contributed by atoms with Crippen LogP contribution in [0.2, 0.25) is 0 Å². The molecule has 0 bridgehead atoms. The minimum absolute atomic E-state index is 0.111. The predicted molar refractivity (Wildman–Crippen MR) is 87.3 cm³/mol. The van der Waals surface area contributed by atoms with E-state index in [0.717, 1.165) is 32.1 Å². The highest BCUT2D eigenvalue weighted by Gasteiger charge is 2.35. The minimum Gasteiger partial charge on any atom is -0.481 e. The molecule has 23 heavy (non-hydrogen) atoms. The third kappa shape index (κ3) is 4.59. The van der Waals surface area contributed by atoms with E-state index >= 15 is 0 Å². The second kappa shape index (κ2) is 7.51. The number of aliphatic carboxylic acids is 1. The van der Waals surface area contributed by atoms with Gasteiger partial charge >= 0.3 is 12.0 Å². The highest BCUT2D eigenvalue weighted by Crippen LogP contribution is 2.36. The van der Waals surface area contributed by atoms with E-state index < -0.39 is 11.9 Å². The van der Waals surface area contributed by atoms with Crippen LogP contribution in [0.1, 0.15) is 46.0 Å². The Labute approximate surface area is 138 Å². The van der Waals surface area contributed by atoms with Gasteiger partial charge in [0.1, 0.15) is 0 Å². The molecule has 1 saturated carbocycles. The van der Waals surface area contributed by atoms with Crippen LogP contribution in [0.5, 0.6) is 0 Å². The number of hydrogen-bond donors (Lipinski definition) is 2. The molecule has 2 amide bonds. The molecule has 1 saturated heterocycles. The van der Waals surface area contributed by atoms with Crippen molar-refractivity contribution >= 4 is 12.0 Å². The number of likely N-dealkylation sites (tertiary alicyclic amines) is 1. The van der Waals surface area contributed by atoms with Crippen LogP contribution in [0, 0.1) is 17.3 Å². The zero-order valence-electron chi connectivity index (χ0n) is 14.5. The van der Waals surface area contributed by atoms with Crippen molar-refractivity contribution in [3.05, 3.63) is 0 Å². The summed E-state index contributed by atoms with van der Waals surface area (Å²) < 4.78 is 5.40. The van der Waals surface area contributed by atoms with E-state index in [1.165, 1.54) is 0 Å². The largest absolute Gasteiger partial charge is 0.481 e. The van der Waals surface area contributed by atoms with Crippen molar-refractivity contribution in [2.75, 3.05) is 26.7 Å². The number of methoxy groups -OCH3 is 1. The number of urea groups is 1. The number of nitrogens with one attached hydrogen (secondary N) is 1. The van der Waals surface area contributed by atoms with Crippen LogP contribution < -0.4 is 5.32 Å². The van der Waals surface area contributed by atoms with Crippen molar-refractivity contribution in [2.24, 2.45) is 17.3 Å². The molecular formula is C17H30N2O4. The monoisotopic (exact) mass is 326 g/mol. The van der Waals surface area contributed by atoms with Crippen molar-refractivity contribution in [2.45, 2.75) is 52.1 Å². The average Bonchev–Trinajstić information content (AvgIpc) is 2.53. The van der Waals surface area contributed by atoms with Gasteiger partial charge in [0, 0.05) is 26.7 Å². The molecule has 1 aliphatic heterocycles. The van der Waals surface area contributed by atoms with Gasteiger partial charge in [-0.25, -0.2) is 4.79 Å². The molecule has 0 spiro atoms. The molecular weight excluding hydrogens is 296 g/mol. The van der Waals surface area contributed by atoms with E-state index in [0.29, 0.717) is 25.7 Å². The quantitative estimate of drug-likeness (QED) is 0.831. The lowest BCUT2D eigenvalue weighted by molar-refractivity contribution is -0.145. The topological polar surface area (TPSA) is 78.9 Å². The Morgan fingerprint density at radius 3 is 2.52 bits per heavy atom. The van der Waals surface area contributed by atoms with Gasteiger partial charge in [0.25, 0.3) is 0 Å². The standard InChI is InChI=1S/C17H30N2O4/c1-12-6-9-19(10-14(12)15(20)21)16(22)18-11-17(2)7-4-13(23-3)5-8-17/h12-14H,4-11H2,1-3H3,(H,18,22)(H,20,21). The molecule has 1 aliphatic carbocycles. The maximum atomic E-state index is 12.4. The smallest absolute Gasteiger partial charge is 0.317 e. The van der Waals surface area contributed by atoms with Gasteiger partial charge in [0.15, 0.2) is 0 Å². The van der Waals surface area contributed by atoms with E-state index in [1.54, 1.807) is 12.0 Å². The summed E-state index contributed by atoms with van der Waals surface area (Å²) in [5, 5.41) is 12.3. The summed E-state index contributed by atoms with van der Waals surface area (Å²) in [6, 6.07) is -0.127. The second-order valence-corrected chi connectivity index (χ2v) is 7.56. The van der Waals surface area contributed by atoms with Gasteiger partial charge < -0.3 is 20.1 Å². The zero-order valence-corrected chi connectivity index (χ0v) is 14.5. The Hall–Kier alpha value is -1.30. The van der Waals surface area contributed by atoms with Crippen molar-refractivity contribution in [3.8, 4) is 0 Å². The van der Waals surface area contributed by atoms with E-state index in [4.69, 9.17) is 4.74 Å². The number of carbonyl (C=O) groups is 2. The number of carbonyl (C=O) groups excluding carboxylic acids is 1. The fourth-order valence-electron chi connectivity index (χ4n) is 3.68. The molecule has 2 N–H and O–H groups in total. The van der Waals surface area contributed by atoms with Crippen LogP contribution in [0.4, 0.5) is 4.79 Å². The van der Waals surface area contributed by atoms with Gasteiger partial charge in [-0.1, -0.05) is 13.8 Å². The Morgan fingerprint density at radius 2 is 1.96 bits per heavy atom. The fourth-order valence-corrected chi connectivity index (χ4v) is 3.68. The number of ether oxygens (including phenoxy) is 1. The molecule has 2 unspecified atom stereocenters. The Balaban J connectivity index is 1.82. The molecule has 6 nitrogen and oxygen atoms in total. The summed E-state index contributed by atoms with van der Waals surface area (Å²) in [4.78, 5) is 25.3. The van der Waals surface area contributed by atoms with Crippen LogP contribution in [-0.4, -0.2) is 54.9 Å². The fraction of sp³-hybridized carbons (Fsp3) is 0.882. The van der Waals surface area contributed by atoms with Crippen LogP contribution in [0.15, 0.2) is 0 Å². The minimum atomic E-state index is -0.806. The molecule has 2 aliphatic rings. The normalized spacial score (nSPS) is 34.9. The molecule has 0 aromatic heterocycles. The average molecular weight is 326 g/mol. The van der Waals surface area contributed by atoms with Crippen LogP contribution in [0.25, 0.3) is 0 Å². The molecule has 1 heterocycles. The van der Waals surface area contributed by atoms with Gasteiger partial charge in [-0.3, -0.25) is 4.79 Å². The second-order valence-electron chi connectivity index (χ2n) is 7.56. The van der Waals surface area contributed by atoms with Crippen LogP contribution >= 0.6 is 0 Å². The first-order valence-electron chi connectivity index (χ1n) is 8.63. The number of carboxylic acid groups (broad SMARTS) is 1. The molecule has 0 radical (unpaired) electrons. The first-order valence-corrected chi connectivity index (χ1v) is 8.63. The third-order valence-electron chi connectivity index (χ3n) is 5.70. The Morgan fingerprint density at radius 1 is 1.30 bits per heavy atom. The van der Waals surface area contributed by atoms with Crippen molar-refractivity contribution < 1.29 is 19.4 Å². The van der Waals surface area contributed by atoms with E-state index in [2.05, 4.69) is 12.2 Å². The van der Waals surface area contributed by atoms with Gasteiger partial charge in [0.2, 0.25) is 0 Å². The molecule has 2 fully saturated rings. The van der Waals surface area contributed by atoms with Crippen molar-refractivity contribution in [1.82, 2.24) is 10.2 Å². The zero-order chi connectivity index (χ0) is 17.0. The summed E-state index contributed by atoms with van der Waals surface area (Å²) in [5.41, 5.74) is 0.111. The highest BCUT2D eigenvalue weighted by molar-refractivity contribution is 5.76. The number of carboxylic acids is 1. The summed E-state index contributed by atoms with van der Waals surface area (Å²) in [5.74, 6) is -1.14. The summed E-state index contributed by atoms with van der Waals surface area (Å²) in [6.07, 6.45) is 5.24. The Kier molecular flexibility index (Phi) is 5.89.